The second-order valence-electron chi connectivity index (χ2n) is 6.05. The van der Waals surface area contributed by atoms with Crippen LogP contribution in [0, 0.1) is 5.41 Å². The van der Waals surface area contributed by atoms with Crippen LogP contribution in [0.2, 0.25) is 0 Å². The van der Waals surface area contributed by atoms with Crippen LogP contribution >= 0.6 is 0 Å². The van der Waals surface area contributed by atoms with E-state index in [9.17, 15) is 0 Å². The molecular weight excluding hydrogens is 196 g/mol. The minimum Gasteiger partial charge on any atom is -0.313 e. The van der Waals surface area contributed by atoms with Crippen LogP contribution < -0.4 is 5.32 Å². The molecule has 2 nitrogen and oxygen atoms in total. The molecule has 16 heavy (non-hydrogen) atoms. The van der Waals surface area contributed by atoms with E-state index >= 15 is 0 Å². The fourth-order valence-corrected chi connectivity index (χ4v) is 2.99. The third kappa shape index (κ3) is 3.74. The fourth-order valence-electron chi connectivity index (χ4n) is 2.99. The highest BCUT2D eigenvalue weighted by atomic mass is 15.2. The molecule has 1 heterocycles. The molecule has 0 aromatic heterocycles. The van der Waals surface area contributed by atoms with Crippen LogP contribution in [0.25, 0.3) is 0 Å². The molecular formula is C14H30N2. The topological polar surface area (TPSA) is 15.3 Å². The number of nitrogens with one attached hydrogen (secondary N) is 1. The number of likely N-dealkylation sites (N-methyl/N-ethyl adjacent to an activating group) is 1. The Morgan fingerprint density at radius 1 is 1.31 bits per heavy atom. The summed E-state index contributed by atoms with van der Waals surface area (Å²) in [5, 5.41) is 3.62. The molecule has 0 bridgehead atoms. The van der Waals surface area contributed by atoms with E-state index in [0.29, 0.717) is 17.5 Å². The van der Waals surface area contributed by atoms with Gasteiger partial charge in [0.15, 0.2) is 0 Å². The van der Waals surface area contributed by atoms with Gasteiger partial charge in [-0.3, -0.25) is 4.90 Å². The van der Waals surface area contributed by atoms with E-state index < -0.39 is 0 Å². The van der Waals surface area contributed by atoms with Crippen LogP contribution in [0.1, 0.15) is 53.9 Å². The zero-order chi connectivity index (χ0) is 12.2. The maximum atomic E-state index is 3.62. The Labute approximate surface area is 102 Å². The first-order chi connectivity index (χ1) is 7.50. The molecule has 1 rings (SSSR count). The summed E-state index contributed by atoms with van der Waals surface area (Å²) in [6.07, 6.45) is 3.97. The summed E-state index contributed by atoms with van der Waals surface area (Å²) in [6, 6.07) is 1.32. The second-order valence-corrected chi connectivity index (χ2v) is 6.05. The molecule has 2 unspecified atom stereocenters. The first-order valence-corrected chi connectivity index (χ1v) is 6.97. The van der Waals surface area contributed by atoms with Gasteiger partial charge in [0.05, 0.1) is 0 Å². The van der Waals surface area contributed by atoms with Crippen molar-refractivity contribution in [2.75, 3.05) is 19.6 Å². The zero-order valence-corrected chi connectivity index (χ0v) is 11.8. The van der Waals surface area contributed by atoms with E-state index in [4.69, 9.17) is 0 Å². The molecule has 2 atom stereocenters. The summed E-state index contributed by atoms with van der Waals surface area (Å²) in [6.45, 7) is 15.3. The third-order valence-electron chi connectivity index (χ3n) is 3.99. The zero-order valence-electron chi connectivity index (χ0n) is 11.8. The van der Waals surface area contributed by atoms with Gasteiger partial charge in [-0.1, -0.05) is 27.7 Å². The minimum atomic E-state index is 0.511. The number of hydrogen-bond donors (Lipinski definition) is 1. The lowest BCUT2D eigenvalue weighted by Gasteiger charge is -2.43. The van der Waals surface area contributed by atoms with E-state index in [-0.39, 0.29) is 0 Å². The molecule has 1 fully saturated rings. The van der Waals surface area contributed by atoms with Gasteiger partial charge in [-0.25, -0.2) is 0 Å². The average molecular weight is 226 g/mol. The normalized spacial score (nSPS) is 25.3. The van der Waals surface area contributed by atoms with E-state index in [1.807, 2.05) is 0 Å². The van der Waals surface area contributed by atoms with Gasteiger partial charge >= 0.3 is 0 Å². The lowest BCUT2D eigenvalue weighted by atomic mass is 9.83. The molecule has 0 amide bonds. The Morgan fingerprint density at radius 3 is 2.50 bits per heavy atom. The van der Waals surface area contributed by atoms with Crippen LogP contribution in [0.4, 0.5) is 0 Å². The molecule has 1 saturated heterocycles. The highest BCUT2D eigenvalue weighted by Crippen LogP contribution is 2.30. The van der Waals surface area contributed by atoms with Crippen LogP contribution in [0.5, 0.6) is 0 Å². The molecule has 0 saturated carbocycles. The van der Waals surface area contributed by atoms with Crippen molar-refractivity contribution in [3.8, 4) is 0 Å². The van der Waals surface area contributed by atoms with Gasteiger partial charge in [-0.2, -0.15) is 0 Å². The van der Waals surface area contributed by atoms with E-state index in [2.05, 4.69) is 44.8 Å². The molecule has 1 N–H and O–H groups in total. The van der Waals surface area contributed by atoms with Crippen LogP contribution in [0.3, 0.4) is 0 Å². The predicted octanol–water partition coefficient (Wildman–Crippen LogP) is 2.89. The molecule has 0 radical (unpaired) electrons. The van der Waals surface area contributed by atoms with Gasteiger partial charge in [-0.05, 0) is 44.7 Å². The Balaban J connectivity index is 2.54. The Kier molecular flexibility index (Phi) is 5.26. The first-order valence-electron chi connectivity index (χ1n) is 6.97. The molecule has 2 heteroatoms. The number of likely N-dealkylation sites (tertiary alicyclic amines) is 1. The van der Waals surface area contributed by atoms with Gasteiger partial charge < -0.3 is 5.32 Å². The van der Waals surface area contributed by atoms with Crippen molar-refractivity contribution in [1.29, 1.82) is 0 Å². The maximum Gasteiger partial charge on any atom is 0.0221 e. The van der Waals surface area contributed by atoms with Crippen LogP contribution in [-0.2, 0) is 0 Å². The second kappa shape index (κ2) is 6.02. The summed E-state index contributed by atoms with van der Waals surface area (Å²) in [5.74, 6) is 0. The molecule has 0 aromatic rings. The van der Waals surface area contributed by atoms with Crippen LogP contribution in [0.15, 0.2) is 0 Å². The molecule has 1 aliphatic rings. The number of piperidine rings is 1. The van der Waals surface area contributed by atoms with Gasteiger partial charge in [0.25, 0.3) is 0 Å². The van der Waals surface area contributed by atoms with Gasteiger partial charge in [-0.15, -0.1) is 0 Å². The SMILES string of the molecule is CCNC(CC)C(C)N1CCCC(C)(C)C1. The average Bonchev–Trinajstić information content (AvgIpc) is 2.23. The minimum absolute atomic E-state index is 0.511. The van der Waals surface area contributed by atoms with Crippen molar-refractivity contribution in [2.24, 2.45) is 5.41 Å². The fraction of sp³-hybridized carbons (Fsp3) is 1.00. The smallest absolute Gasteiger partial charge is 0.0221 e. The van der Waals surface area contributed by atoms with Gasteiger partial charge in [0.1, 0.15) is 0 Å². The van der Waals surface area contributed by atoms with Crippen LogP contribution in [-0.4, -0.2) is 36.6 Å². The summed E-state index contributed by atoms with van der Waals surface area (Å²) in [5.41, 5.74) is 0.511. The first kappa shape index (κ1) is 14.0. The molecule has 0 spiro atoms. The van der Waals surface area contributed by atoms with Crippen molar-refractivity contribution in [3.63, 3.8) is 0 Å². The lowest BCUT2D eigenvalue weighted by molar-refractivity contribution is 0.0677. The van der Waals surface area contributed by atoms with Gasteiger partial charge in [0.2, 0.25) is 0 Å². The predicted molar refractivity (Wildman–Crippen MR) is 71.8 cm³/mol. The van der Waals surface area contributed by atoms with Crippen molar-refractivity contribution in [1.82, 2.24) is 10.2 Å². The summed E-state index contributed by atoms with van der Waals surface area (Å²) < 4.78 is 0. The number of nitrogens with zero attached hydrogens (tertiary/aromatic N) is 1. The van der Waals surface area contributed by atoms with E-state index in [1.54, 1.807) is 0 Å². The monoisotopic (exact) mass is 226 g/mol. The molecule has 1 aliphatic heterocycles. The lowest BCUT2D eigenvalue weighted by Crippen LogP contribution is -2.53. The third-order valence-corrected chi connectivity index (χ3v) is 3.99. The number of hydrogen-bond acceptors (Lipinski definition) is 2. The highest BCUT2D eigenvalue weighted by Gasteiger charge is 2.31. The summed E-state index contributed by atoms with van der Waals surface area (Å²) >= 11 is 0. The number of rotatable bonds is 5. The van der Waals surface area contributed by atoms with E-state index in [0.717, 1.165) is 6.54 Å². The van der Waals surface area contributed by atoms with Crippen molar-refractivity contribution >= 4 is 0 Å². The summed E-state index contributed by atoms with van der Waals surface area (Å²) in [4.78, 5) is 2.68. The largest absolute Gasteiger partial charge is 0.313 e. The Morgan fingerprint density at radius 2 is 2.00 bits per heavy atom. The molecule has 0 aliphatic carbocycles. The van der Waals surface area contributed by atoms with Crippen molar-refractivity contribution in [3.05, 3.63) is 0 Å². The summed E-state index contributed by atoms with van der Waals surface area (Å²) in [7, 11) is 0. The molecule has 96 valence electrons. The molecule has 0 aromatic carbocycles. The standard InChI is InChI=1S/C14H30N2/c1-6-13(15-7-2)12(3)16-10-8-9-14(4,5)11-16/h12-13,15H,6-11H2,1-5H3. The van der Waals surface area contributed by atoms with Crippen molar-refractivity contribution < 1.29 is 0 Å². The quantitative estimate of drug-likeness (QED) is 0.775. The maximum absolute atomic E-state index is 3.62. The van der Waals surface area contributed by atoms with Crippen molar-refractivity contribution in [2.45, 2.75) is 66.0 Å². The van der Waals surface area contributed by atoms with E-state index in [1.165, 1.54) is 32.4 Å². The Hall–Kier alpha value is -0.0800. The highest BCUT2D eigenvalue weighted by molar-refractivity contribution is 4.87. The Bertz CT molecular complexity index is 201. The van der Waals surface area contributed by atoms with Gasteiger partial charge in [0, 0.05) is 18.6 Å².